The number of benzene rings is 2. The fourth-order valence-electron chi connectivity index (χ4n) is 5.56. The number of amides is 2. The molecule has 0 radical (unpaired) electrons. The maximum atomic E-state index is 15.4. The molecule has 5 aromatic rings. The molecule has 47 heavy (non-hydrogen) atoms. The van der Waals surface area contributed by atoms with Gasteiger partial charge in [-0.25, -0.2) is 13.8 Å². The number of hydrogen-bond acceptors (Lipinski definition) is 8. The van der Waals surface area contributed by atoms with E-state index >= 15 is 4.39 Å². The monoisotopic (exact) mass is 705 g/mol. The average Bonchev–Trinajstić information content (AvgIpc) is 3.64. The van der Waals surface area contributed by atoms with Crippen LogP contribution in [-0.2, 0) is 16.1 Å². The molecule has 1 aliphatic heterocycles. The third-order valence-corrected chi connectivity index (χ3v) is 9.08. The Balaban J connectivity index is 1.07. The first-order valence-electron chi connectivity index (χ1n) is 15.1. The standard InChI is InChI=1S/C33H30BrF2N7O4/c1-42-12-14-43(15-13-42)18-22-17-23(34)29(46-22)28-27-26(8-11-37-30(27)41-40-28)47-25-7-6-21(16-24(25)36)39-32(45)33(9-10-33)31(44)38-20-4-2-19(35)3-5-20/h2-8,11,16-17H,9-10,12-15,18H2,1H3,(H,38,44)(H,39,45)(H,37,40,41). The van der Waals surface area contributed by atoms with Gasteiger partial charge in [0.05, 0.1) is 16.4 Å². The molecule has 1 saturated carbocycles. The number of halogens is 3. The van der Waals surface area contributed by atoms with Gasteiger partial charge in [0, 0.05) is 49.8 Å². The highest BCUT2D eigenvalue weighted by atomic mass is 79.9. The Morgan fingerprint density at radius 2 is 1.68 bits per heavy atom. The molecule has 0 bridgehead atoms. The van der Waals surface area contributed by atoms with Crippen LogP contribution in [0.5, 0.6) is 11.5 Å². The SMILES string of the molecule is CN1CCN(Cc2cc(Br)c(-c3[nH]nc4nccc(Oc5ccc(NC(=O)C6(C(=O)Nc7ccc(F)cc7)CC6)cc5F)c34)o2)CC1. The van der Waals surface area contributed by atoms with Gasteiger partial charge < -0.3 is 24.7 Å². The number of anilines is 2. The van der Waals surface area contributed by atoms with Crippen LogP contribution in [0.4, 0.5) is 20.2 Å². The van der Waals surface area contributed by atoms with Crippen molar-refractivity contribution in [1.29, 1.82) is 0 Å². The molecule has 7 rings (SSSR count). The minimum Gasteiger partial charge on any atom is -0.457 e. The lowest BCUT2D eigenvalue weighted by Crippen LogP contribution is -2.43. The van der Waals surface area contributed by atoms with Gasteiger partial charge in [0.1, 0.15) is 28.4 Å². The summed E-state index contributed by atoms with van der Waals surface area (Å²) in [4.78, 5) is 34.9. The molecule has 14 heteroatoms. The molecular formula is C33H30BrF2N7O4. The minimum atomic E-state index is -1.29. The van der Waals surface area contributed by atoms with Crippen molar-refractivity contribution in [1.82, 2.24) is 25.0 Å². The minimum absolute atomic E-state index is 0.0906. The number of hydrogen-bond donors (Lipinski definition) is 3. The van der Waals surface area contributed by atoms with E-state index in [1.54, 1.807) is 6.07 Å². The maximum absolute atomic E-state index is 15.4. The zero-order valence-electron chi connectivity index (χ0n) is 25.3. The van der Waals surface area contributed by atoms with Crippen LogP contribution in [0.1, 0.15) is 18.6 Å². The summed E-state index contributed by atoms with van der Waals surface area (Å²) in [5.74, 6) is -0.715. The number of carbonyl (C=O) groups excluding carboxylic acids is 2. The molecule has 1 aliphatic carbocycles. The van der Waals surface area contributed by atoms with Crippen LogP contribution < -0.4 is 15.4 Å². The molecule has 2 aliphatic rings. The van der Waals surface area contributed by atoms with Crippen molar-refractivity contribution < 1.29 is 27.5 Å². The van der Waals surface area contributed by atoms with Crippen molar-refractivity contribution in [3.05, 3.63) is 82.7 Å². The van der Waals surface area contributed by atoms with Gasteiger partial charge in [-0.15, -0.1) is 0 Å². The lowest BCUT2D eigenvalue weighted by Gasteiger charge is -2.31. The lowest BCUT2D eigenvalue weighted by molar-refractivity contribution is -0.131. The fraction of sp³-hybridized carbons (Fsp3) is 0.273. The summed E-state index contributed by atoms with van der Waals surface area (Å²) in [5.41, 5.74) is 0.138. The van der Waals surface area contributed by atoms with Gasteiger partial charge in [-0.1, -0.05) is 0 Å². The number of aromatic nitrogens is 3. The number of rotatable bonds is 9. The van der Waals surface area contributed by atoms with E-state index in [1.807, 2.05) is 6.07 Å². The Labute approximate surface area is 276 Å². The van der Waals surface area contributed by atoms with Gasteiger partial charge in [-0.05, 0) is 84.4 Å². The summed E-state index contributed by atoms with van der Waals surface area (Å²) in [6, 6.07) is 12.8. The predicted octanol–water partition coefficient (Wildman–Crippen LogP) is 6.16. The van der Waals surface area contributed by atoms with Crippen LogP contribution in [0.15, 0.2) is 69.7 Å². The van der Waals surface area contributed by atoms with Gasteiger partial charge in [0.15, 0.2) is 23.0 Å². The second-order valence-electron chi connectivity index (χ2n) is 11.8. The summed E-state index contributed by atoms with van der Waals surface area (Å²) < 4.78 is 41.6. The van der Waals surface area contributed by atoms with Crippen LogP contribution in [0.3, 0.4) is 0 Å². The molecule has 1 saturated heterocycles. The van der Waals surface area contributed by atoms with E-state index in [2.05, 4.69) is 58.6 Å². The van der Waals surface area contributed by atoms with Crippen molar-refractivity contribution >= 4 is 50.2 Å². The molecule has 242 valence electrons. The third kappa shape index (κ3) is 6.35. The quantitative estimate of drug-likeness (QED) is 0.156. The van der Waals surface area contributed by atoms with E-state index in [4.69, 9.17) is 9.15 Å². The Kier molecular flexibility index (Phi) is 8.24. The fourth-order valence-corrected chi connectivity index (χ4v) is 6.09. The van der Waals surface area contributed by atoms with Gasteiger partial charge in [-0.2, -0.15) is 5.10 Å². The van der Waals surface area contributed by atoms with Crippen LogP contribution in [0.25, 0.3) is 22.5 Å². The number of aromatic amines is 1. The number of carbonyl (C=O) groups is 2. The van der Waals surface area contributed by atoms with E-state index < -0.39 is 28.9 Å². The molecule has 0 atom stereocenters. The number of likely N-dealkylation sites (N-methyl/N-ethyl adjacent to an activating group) is 1. The highest BCUT2D eigenvalue weighted by molar-refractivity contribution is 9.10. The lowest BCUT2D eigenvalue weighted by atomic mass is 10.0. The van der Waals surface area contributed by atoms with E-state index in [9.17, 15) is 14.0 Å². The first-order valence-corrected chi connectivity index (χ1v) is 15.9. The number of piperazine rings is 1. The Hall–Kier alpha value is -4.66. The molecule has 4 heterocycles. The second-order valence-corrected chi connectivity index (χ2v) is 12.7. The molecule has 0 unspecified atom stereocenters. The van der Waals surface area contributed by atoms with Crippen LogP contribution in [0, 0.1) is 17.0 Å². The summed E-state index contributed by atoms with van der Waals surface area (Å²) in [6.45, 7) is 4.54. The van der Waals surface area contributed by atoms with E-state index in [1.165, 1.54) is 42.6 Å². The van der Waals surface area contributed by atoms with Crippen molar-refractivity contribution in [2.24, 2.45) is 5.41 Å². The first-order chi connectivity index (χ1) is 22.7. The molecule has 0 spiro atoms. The number of fused-ring (bicyclic) bond motifs is 1. The van der Waals surface area contributed by atoms with Gasteiger partial charge in [0.25, 0.3) is 0 Å². The van der Waals surface area contributed by atoms with E-state index in [0.717, 1.165) is 42.5 Å². The zero-order chi connectivity index (χ0) is 32.7. The molecule has 11 nitrogen and oxygen atoms in total. The summed E-state index contributed by atoms with van der Waals surface area (Å²) in [6.07, 6.45) is 2.18. The Morgan fingerprint density at radius 1 is 0.979 bits per heavy atom. The molecule has 2 aromatic carbocycles. The predicted molar refractivity (Wildman–Crippen MR) is 174 cm³/mol. The van der Waals surface area contributed by atoms with Gasteiger partial charge >= 0.3 is 0 Å². The molecule has 3 N–H and O–H groups in total. The van der Waals surface area contributed by atoms with Gasteiger partial charge in [0.2, 0.25) is 11.8 Å². The van der Waals surface area contributed by atoms with Crippen molar-refractivity contribution in [3.63, 3.8) is 0 Å². The van der Waals surface area contributed by atoms with Crippen molar-refractivity contribution in [3.8, 4) is 23.0 Å². The maximum Gasteiger partial charge on any atom is 0.240 e. The average molecular weight is 707 g/mol. The Morgan fingerprint density at radius 3 is 2.38 bits per heavy atom. The van der Waals surface area contributed by atoms with Crippen LogP contribution in [-0.4, -0.2) is 70.0 Å². The van der Waals surface area contributed by atoms with E-state index in [-0.39, 0.29) is 11.4 Å². The van der Waals surface area contributed by atoms with Gasteiger partial charge in [-0.3, -0.25) is 19.6 Å². The smallest absolute Gasteiger partial charge is 0.240 e. The number of furan rings is 1. The second kappa shape index (κ2) is 12.5. The number of H-pyrrole nitrogens is 1. The number of ether oxygens (including phenoxy) is 1. The third-order valence-electron chi connectivity index (χ3n) is 8.49. The first kappa shape index (κ1) is 31.0. The van der Waals surface area contributed by atoms with Crippen LogP contribution in [0.2, 0.25) is 0 Å². The van der Waals surface area contributed by atoms with Crippen LogP contribution >= 0.6 is 15.9 Å². The number of pyridine rings is 1. The van der Waals surface area contributed by atoms with Crippen molar-refractivity contribution in [2.45, 2.75) is 19.4 Å². The highest BCUT2D eigenvalue weighted by Gasteiger charge is 2.56. The largest absolute Gasteiger partial charge is 0.457 e. The topological polar surface area (TPSA) is 129 Å². The molecule has 2 fully saturated rings. The summed E-state index contributed by atoms with van der Waals surface area (Å²) in [7, 11) is 2.11. The van der Waals surface area contributed by atoms with E-state index in [0.29, 0.717) is 53.3 Å². The number of nitrogens with zero attached hydrogens (tertiary/aromatic N) is 4. The van der Waals surface area contributed by atoms with Crippen molar-refractivity contribution in [2.75, 3.05) is 43.9 Å². The number of nitrogens with one attached hydrogen (secondary N) is 3. The molecule has 3 aromatic heterocycles. The Bertz CT molecular complexity index is 1970. The highest BCUT2D eigenvalue weighted by Crippen LogP contribution is 2.48. The normalized spacial score (nSPS) is 16.3. The summed E-state index contributed by atoms with van der Waals surface area (Å²) >= 11 is 3.61. The molecular weight excluding hydrogens is 676 g/mol. The molecule has 2 amide bonds. The summed E-state index contributed by atoms with van der Waals surface area (Å²) in [5, 5.41) is 13.1. The zero-order valence-corrected chi connectivity index (χ0v) is 26.9.